The lowest BCUT2D eigenvalue weighted by atomic mass is 10.1. The molecule has 0 unspecified atom stereocenters. The van der Waals surface area contributed by atoms with E-state index in [1.807, 2.05) is 31.2 Å². The van der Waals surface area contributed by atoms with Crippen molar-refractivity contribution >= 4 is 5.70 Å². The molecule has 1 aromatic carbocycles. The van der Waals surface area contributed by atoms with Gasteiger partial charge in [-0.25, -0.2) is 0 Å². The zero-order chi connectivity index (χ0) is 7.56. The van der Waals surface area contributed by atoms with E-state index in [0.29, 0.717) is 5.70 Å². The summed E-state index contributed by atoms with van der Waals surface area (Å²) in [6.45, 7) is 5.68. The quantitative estimate of drug-likeness (QED) is 0.622. The van der Waals surface area contributed by atoms with Crippen LogP contribution in [0.2, 0.25) is 0 Å². The van der Waals surface area contributed by atoms with Gasteiger partial charge >= 0.3 is 0 Å². The Morgan fingerprint density at radius 2 is 2.20 bits per heavy atom. The Balaban J connectivity index is 3.07. The monoisotopic (exact) mass is 133 g/mol. The van der Waals surface area contributed by atoms with E-state index in [0.717, 1.165) is 5.56 Å². The highest BCUT2D eigenvalue weighted by atomic mass is 14.6. The molecular formula is C9H11N. The van der Waals surface area contributed by atoms with Crippen LogP contribution >= 0.6 is 0 Å². The van der Waals surface area contributed by atoms with Crippen LogP contribution < -0.4 is 5.73 Å². The van der Waals surface area contributed by atoms with Gasteiger partial charge in [0.15, 0.2) is 0 Å². The minimum Gasteiger partial charge on any atom is -0.399 e. The molecule has 0 fully saturated rings. The maximum absolute atomic E-state index is 5.49. The number of aryl methyl sites for hydroxylation is 1. The van der Waals surface area contributed by atoms with Crippen molar-refractivity contribution < 1.29 is 0 Å². The molecule has 0 atom stereocenters. The summed E-state index contributed by atoms with van der Waals surface area (Å²) in [5.41, 5.74) is 8.34. The van der Waals surface area contributed by atoms with E-state index in [9.17, 15) is 0 Å². The van der Waals surface area contributed by atoms with E-state index in [4.69, 9.17) is 5.73 Å². The number of nitrogens with two attached hydrogens (primary N) is 1. The first-order valence-electron chi connectivity index (χ1n) is 3.21. The van der Waals surface area contributed by atoms with E-state index >= 15 is 0 Å². The van der Waals surface area contributed by atoms with Crippen LogP contribution in [0.25, 0.3) is 5.70 Å². The molecule has 0 aliphatic heterocycles. The van der Waals surface area contributed by atoms with Gasteiger partial charge in [-0.05, 0) is 18.6 Å². The third-order valence-corrected chi connectivity index (χ3v) is 1.39. The fraction of sp³-hybridized carbons (Fsp3) is 0.111. The van der Waals surface area contributed by atoms with Gasteiger partial charge in [0.05, 0.1) is 0 Å². The number of rotatable bonds is 1. The van der Waals surface area contributed by atoms with Gasteiger partial charge in [-0.3, -0.25) is 0 Å². The number of hydrogen-bond donors (Lipinski definition) is 1. The van der Waals surface area contributed by atoms with Crippen LogP contribution in [0.15, 0.2) is 30.8 Å². The second-order valence-corrected chi connectivity index (χ2v) is 2.39. The molecule has 0 saturated carbocycles. The molecule has 0 spiro atoms. The van der Waals surface area contributed by atoms with Crippen molar-refractivity contribution in [3.8, 4) is 0 Å². The standard InChI is InChI=1S/C9H11N/c1-7-4-3-5-9(6-7)8(2)10/h3-6H,2,10H2,1H3. The Labute approximate surface area is 61.2 Å². The lowest BCUT2D eigenvalue weighted by Gasteiger charge is -1.98. The average molecular weight is 133 g/mol. The summed E-state index contributed by atoms with van der Waals surface area (Å²) in [6, 6.07) is 7.98. The first-order chi connectivity index (χ1) is 4.70. The molecule has 0 saturated heterocycles. The van der Waals surface area contributed by atoms with Gasteiger partial charge in [-0.1, -0.05) is 30.3 Å². The van der Waals surface area contributed by atoms with Crippen molar-refractivity contribution in [1.82, 2.24) is 0 Å². The Kier molecular flexibility index (Phi) is 1.76. The van der Waals surface area contributed by atoms with Crippen molar-refractivity contribution in [2.45, 2.75) is 6.92 Å². The average Bonchev–Trinajstić information content (AvgIpc) is 1.88. The molecule has 0 amide bonds. The second kappa shape index (κ2) is 2.56. The molecule has 10 heavy (non-hydrogen) atoms. The zero-order valence-corrected chi connectivity index (χ0v) is 6.09. The second-order valence-electron chi connectivity index (χ2n) is 2.39. The molecule has 1 aromatic rings. The van der Waals surface area contributed by atoms with E-state index in [-0.39, 0.29) is 0 Å². The van der Waals surface area contributed by atoms with Gasteiger partial charge in [0.2, 0.25) is 0 Å². The third kappa shape index (κ3) is 1.38. The summed E-state index contributed by atoms with van der Waals surface area (Å²) in [5, 5.41) is 0. The summed E-state index contributed by atoms with van der Waals surface area (Å²) < 4.78 is 0. The van der Waals surface area contributed by atoms with Crippen LogP contribution in [-0.4, -0.2) is 0 Å². The van der Waals surface area contributed by atoms with E-state index in [1.54, 1.807) is 0 Å². The van der Waals surface area contributed by atoms with Crippen molar-refractivity contribution in [1.29, 1.82) is 0 Å². The van der Waals surface area contributed by atoms with Crippen LogP contribution in [-0.2, 0) is 0 Å². The molecule has 0 aliphatic rings. The summed E-state index contributed by atoms with van der Waals surface area (Å²) in [5.74, 6) is 0. The summed E-state index contributed by atoms with van der Waals surface area (Å²) >= 11 is 0. The number of benzene rings is 1. The highest BCUT2D eigenvalue weighted by Gasteiger charge is 1.91. The topological polar surface area (TPSA) is 26.0 Å². The minimum absolute atomic E-state index is 0.628. The van der Waals surface area contributed by atoms with Crippen LogP contribution in [0.3, 0.4) is 0 Å². The van der Waals surface area contributed by atoms with Crippen molar-refractivity contribution in [2.24, 2.45) is 5.73 Å². The fourth-order valence-corrected chi connectivity index (χ4v) is 0.845. The maximum Gasteiger partial charge on any atom is 0.0314 e. The van der Waals surface area contributed by atoms with Gasteiger partial charge in [-0.15, -0.1) is 0 Å². The van der Waals surface area contributed by atoms with Crippen LogP contribution in [0.1, 0.15) is 11.1 Å². The first-order valence-corrected chi connectivity index (χ1v) is 3.21. The Morgan fingerprint density at radius 1 is 1.50 bits per heavy atom. The molecule has 0 bridgehead atoms. The van der Waals surface area contributed by atoms with Crippen molar-refractivity contribution in [3.05, 3.63) is 42.0 Å². The fourth-order valence-electron chi connectivity index (χ4n) is 0.845. The van der Waals surface area contributed by atoms with Crippen molar-refractivity contribution in [3.63, 3.8) is 0 Å². The number of hydrogen-bond acceptors (Lipinski definition) is 1. The SMILES string of the molecule is C=C(N)c1cccc(C)c1. The molecule has 52 valence electrons. The highest BCUT2D eigenvalue weighted by molar-refractivity contribution is 5.60. The Hall–Kier alpha value is -1.24. The van der Waals surface area contributed by atoms with E-state index in [2.05, 4.69) is 6.58 Å². The summed E-state index contributed by atoms with van der Waals surface area (Å²) in [4.78, 5) is 0. The van der Waals surface area contributed by atoms with Gasteiger partial charge in [0, 0.05) is 5.70 Å². The summed E-state index contributed by atoms with van der Waals surface area (Å²) in [7, 11) is 0. The molecule has 1 nitrogen and oxygen atoms in total. The highest BCUT2D eigenvalue weighted by Crippen LogP contribution is 2.08. The smallest absolute Gasteiger partial charge is 0.0314 e. The molecule has 0 radical (unpaired) electrons. The predicted octanol–water partition coefficient (Wildman–Crippen LogP) is 1.92. The third-order valence-electron chi connectivity index (χ3n) is 1.39. The van der Waals surface area contributed by atoms with Crippen molar-refractivity contribution in [2.75, 3.05) is 0 Å². The lowest BCUT2D eigenvalue weighted by molar-refractivity contribution is 1.43. The largest absolute Gasteiger partial charge is 0.399 e. The van der Waals surface area contributed by atoms with Gasteiger partial charge in [0.1, 0.15) is 0 Å². The molecule has 1 heteroatoms. The van der Waals surface area contributed by atoms with Crippen LogP contribution in [0.4, 0.5) is 0 Å². The lowest BCUT2D eigenvalue weighted by Crippen LogP contribution is -1.93. The van der Waals surface area contributed by atoms with E-state index in [1.165, 1.54) is 5.56 Å². The predicted molar refractivity (Wildman–Crippen MR) is 44.4 cm³/mol. The molecule has 0 aliphatic carbocycles. The summed E-state index contributed by atoms with van der Waals surface area (Å²) in [6.07, 6.45) is 0. The Morgan fingerprint density at radius 3 is 2.60 bits per heavy atom. The maximum atomic E-state index is 5.49. The van der Waals surface area contributed by atoms with Gasteiger partial charge < -0.3 is 5.73 Å². The molecule has 2 N–H and O–H groups in total. The molecule has 0 aromatic heterocycles. The Bertz CT molecular complexity index is 251. The van der Waals surface area contributed by atoms with Crippen LogP contribution in [0.5, 0.6) is 0 Å². The van der Waals surface area contributed by atoms with Gasteiger partial charge in [0.25, 0.3) is 0 Å². The molecule has 1 rings (SSSR count). The minimum atomic E-state index is 0.628. The molecule has 0 heterocycles. The zero-order valence-electron chi connectivity index (χ0n) is 6.09. The van der Waals surface area contributed by atoms with Crippen LogP contribution in [0, 0.1) is 6.92 Å². The molecular weight excluding hydrogens is 122 g/mol. The van der Waals surface area contributed by atoms with E-state index < -0.39 is 0 Å². The normalized spacial score (nSPS) is 9.30. The first kappa shape index (κ1) is 6.87. The van der Waals surface area contributed by atoms with Gasteiger partial charge in [-0.2, -0.15) is 0 Å².